The molecule has 0 fully saturated rings. The van der Waals surface area contributed by atoms with Gasteiger partial charge in [-0.2, -0.15) is 0 Å². The van der Waals surface area contributed by atoms with Gasteiger partial charge in [0.2, 0.25) is 0 Å². The lowest BCUT2D eigenvalue weighted by molar-refractivity contribution is 0.101. The summed E-state index contributed by atoms with van der Waals surface area (Å²) in [5.74, 6) is -1.62. The fourth-order valence-corrected chi connectivity index (χ4v) is 3.63. The summed E-state index contributed by atoms with van der Waals surface area (Å²) < 4.78 is 19.4. The van der Waals surface area contributed by atoms with Gasteiger partial charge in [-0.25, -0.2) is 9.37 Å². The molecule has 5 aromatic rings. The standard InChI is InChI=1S/C26H18FN5O3/c1-15-23-18(14-21(31-26(23)35-32-15)16-7-3-2-4-8-16)24(33)30-22-13-17(27)10-11-19(22)29-25(34)20-9-5-6-12-28-20/h2-14H,1H3,(H,29,34)(H,30,33). The highest BCUT2D eigenvalue weighted by molar-refractivity contribution is 6.15. The Morgan fingerprint density at radius 3 is 2.43 bits per heavy atom. The van der Waals surface area contributed by atoms with Gasteiger partial charge in [-0.1, -0.05) is 41.6 Å². The van der Waals surface area contributed by atoms with E-state index in [0.29, 0.717) is 16.8 Å². The van der Waals surface area contributed by atoms with Gasteiger partial charge < -0.3 is 15.2 Å². The van der Waals surface area contributed by atoms with Crippen molar-refractivity contribution in [3.63, 3.8) is 0 Å². The highest BCUT2D eigenvalue weighted by Crippen LogP contribution is 2.29. The maximum absolute atomic E-state index is 14.1. The number of rotatable bonds is 5. The van der Waals surface area contributed by atoms with Crippen molar-refractivity contribution >= 4 is 34.3 Å². The molecule has 5 rings (SSSR count). The summed E-state index contributed by atoms with van der Waals surface area (Å²) in [7, 11) is 0. The summed E-state index contributed by atoms with van der Waals surface area (Å²) in [5.41, 5.74) is 2.72. The maximum atomic E-state index is 14.1. The largest absolute Gasteiger partial charge is 0.335 e. The zero-order chi connectivity index (χ0) is 24.4. The fourth-order valence-electron chi connectivity index (χ4n) is 3.63. The molecule has 2 N–H and O–H groups in total. The topological polar surface area (TPSA) is 110 Å². The number of aryl methyl sites for hydroxylation is 1. The van der Waals surface area contributed by atoms with Crippen LogP contribution in [0.5, 0.6) is 0 Å². The second-order valence-electron chi connectivity index (χ2n) is 7.68. The minimum absolute atomic E-state index is 0.0830. The number of benzene rings is 2. The van der Waals surface area contributed by atoms with E-state index >= 15 is 0 Å². The Bertz CT molecular complexity index is 1550. The Morgan fingerprint density at radius 2 is 1.66 bits per heavy atom. The number of halogens is 1. The lowest BCUT2D eigenvalue weighted by Crippen LogP contribution is -2.18. The smallest absolute Gasteiger partial charge is 0.274 e. The Labute approximate surface area is 198 Å². The zero-order valence-corrected chi connectivity index (χ0v) is 18.4. The molecule has 3 aromatic heterocycles. The van der Waals surface area contributed by atoms with Crippen molar-refractivity contribution in [1.29, 1.82) is 0 Å². The van der Waals surface area contributed by atoms with Crippen molar-refractivity contribution in [2.75, 3.05) is 10.6 Å². The molecule has 172 valence electrons. The van der Waals surface area contributed by atoms with Gasteiger partial charge in [0, 0.05) is 11.8 Å². The minimum atomic E-state index is -0.581. The maximum Gasteiger partial charge on any atom is 0.274 e. The number of fused-ring (bicyclic) bond motifs is 1. The average molecular weight is 467 g/mol. The van der Waals surface area contributed by atoms with Gasteiger partial charge in [0.25, 0.3) is 17.5 Å². The van der Waals surface area contributed by atoms with Gasteiger partial charge in [-0.3, -0.25) is 14.6 Å². The molecule has 8 nitrogen and oxygen atoms in total. The molecule has 0 bridgehead atoms. The Balaban J connectivity index is 1.52. The summed E-state index contributed by atoms with van der Waals surface area (Å²) in [6, 6.07) is 19.5. The third kappa shape index (κ3) is 4.47. The predicted molar refractivity (Wildman–Crippen MR) is 129 cm³/mol. The summed E-state index contributed by atoms with van der Waals surface area (Å²) in [4.78, 5) is 34.5. The van der Waals surface area contributed by atoms with Crippen molar-refractivity contribution < 1.29 is 18.5 Å². The molecule has 0 radical (unpaired) electrons. The first-order chi connectivity index (χ1) is 17.0. The molecule has 0 aliphatic heterocycles. The van der Waals surface area contributed by atoms with E-state index < -0.39 is 17.6 Å². The highest BCUT2D eigenvalue weighted by Gasteiger charge is 2.21. The third-order valence-corrected chi connectivity index (χ3v) is 5.31. The van der Waals surface area contributed by atoms with Crippen LogP contribution in [0.1, 0.15) is 26.5 Å². The molecule has 0 aliphatic carbocycles. The number of anilines is 2. The number of aromatic nitrogens is 3. The van der Waals surface area contributed by atoms with E-state index in [4.69, 9.17) is 4.52 Å². The molecule has 0 aliphatic rings. The zero-order valence-electron chi connectivity index (χ0n) is 18.4. The van der Waals surface area contributed by atoms with E-state index in [-0.39, 0.29) is 28.3 Å². The van der Waals surface area contributed by atoms with Crippen LogP contribution < -0.4 is 10.6 Å². The number of carbonyl (C=O) groups excluding carboxylic acids is 2. The molecular formula is C26H18FN5O3. The van der Waals surface area contributed by atoms with E-state index in [2.05, 4.69) is 25.8 Å². The molecule has 3 heterocycles. The first-order valence-corrected chi connectivity index (χ1v) is 10.7. The molecule has 2 aromatic carbocycles. The van der Waals surface area contributed by atoms with Crippen LogP contribution in [0.25, 0.3) is 22.4 Å². The lowest BCUT2D eigenvalue weighted by atomic mass is 10.0. The SMILES string of the molecule is Cc1noc2nc(-c3ccccc3)cc(C(=O)Nc3cc(F)ccc3NC(=O)c3ccccn3)c12. The van der Waals surface area contributed by atoms with Gasteiger partial charge in [-0.15, -0.1) is 0 Å². The van der Waals surface area contributed by atoms with Crippen LogP contribution in [0, 0.1) is 12.7 Å². The number of nitrogens with zero attached hydrogens (tertiary/aromatic N) is 3. The first-order valence-electron chi connectivity index (χ1n) is 10.7. The fraction of sp³-hybridized carbons (Fsp3) is 0.0385. The molecule has 9 heteroatoms. The molecular weight excluding hydrogens is 449 g/mol. The van der Waals surface area contributed by atoms with Crippen molar-refractivity contribution in [2.45, 2.75) is 6.92 Å². The normalized spacial score (nSPS) is 10.8. The van der Waals surface area contributed by atoms with Gasteiger partial charge >= 0.3 is 0 Å². The predicted octanol–water partition coefficient (Wildman–Crippen LogP) is 5.24. The average Bonchev–Trinajstić information content (AvgIpc) is 3.26. The van der Waals surface area contributed by atoms with E-state index in [1.807, 2.05) is 30.3 Å². The summed E-state index contributed by atoms with van der Waals surface area (Å²) in [6.07, 6.45) is 1.49. The second-order valence-corrected chi connectivity index (χ2v) is 7.68. The van der Waals surface area contributed by atoms with Crippen molar-refractivity contribution in [1.82, 2.24) is 15.1 Å². The summed E-state index contributed by atoms with van der Waals surface area (Å²) >= 11 is 0. The van der Waals surface area contributed by atoms with Gasteiger partial charge in [0.1, 0.15) is 11.5 Å². The van der Waals surface area contributed by atoms with Crippen LogP contribution >= 0.6 is 0 Å². The van der Waals surface area contributed by atoms with Crippen molar-refractivity contribution in [2.24, 2.45) is 0 Å². The first kappa shape index (κ1) is 21.9. The molecule has 0 unspecified atom stereocenters. The number of amides is 2. The lowest BCUT2D eigenvalue weighted by Gasteiger charge is -2.13. The monoisotopic (exact) mass is 467 g/mol. The number of pyridine rings is 2. The minimum Gasteiger partial charge on any atom is -0.335 e. The molecule has 35 heavy (non-hydrogen) atoms. The van der Waals surface area contributed by atoms with Crippen LogP contribution in [0.4, 0.5) is 15.8 Å². The van der Waals surface area contributed by atoms with Crippen LogP contribution in [-0.4, -0.2) is 26.9 Å². The third-order valence-electron chi connectivity index (χ3n) is 5.31. The van der Waals surface area contributed by atoms with Gasteiger partial charge in [0.15, 0.2) is 0 Å². The van der Waals surface area contributed by atoms with Crippen LogP contribution in [0.3, 0.4) is 0 Å². The van der Waals surface area contributed by atoms with E-state index in [9.17, 15) is 14.0 Å². The quantitative estimate of drug-likeness (QED) is 0.366. The number of hydrogen-bond acceptors (Lipinski definition) is 6. The summed E-state index contributed by atoms with van der Waals surface area (Å²) in [6.45, 7) is 1.70. The molecule has 0 spiro atoms. The van der Waals surface area contributed by atoms with Gasteiger partial charge in [-0.05, 0) is 43.3 Å². The molecule has 0 saturated carbocycles. The number of nitrogens with one attached hydrogen (secondary N) is 2. The summed E-state index contributed by atoms with van der Waals surface area (Å²) in [5, 5.41) is 9.75. The highest BCUT2D eigenvalue weighted by atomic mass is 19.1. The molecule has 0 atom stereocenters. The van der Waals surface area contributed by atoms with Crippen LogP contribution in [-0.2, 0) is 0 Å². The number of hydrogen-bond donors (Lipinski definition) is 2. The van der Waals surface area contributed by atoms with Gasteiger partial charge in [0.05, 0.1) is 33.7 Å². The molecule has 2 amide bonds. The Hall–Kier alpha value is -4.92. The Morgan fingerprint density at radius 1 is 0.886 bits per heavy atom. The van der Waals surface area contributed by atoms with E-state index in [0.717, 1.165) is 11.6 Å². The van der Waals surface area contributed by atoms with Crippen LogP contribution in [0.2, 0.25) is 0 Å². The van der Waals surface area contributed by atoms with Crippen LogP contribution in [0.15, 0.2) is 83.5 Å². The number of carbonyl (C=O) groups is 2. The van der Waals surface area contributed by atoms with E-state index in [1.165, 1.54) is 18.3 Å². The Kier molecular flexibility index (Phi) is 5.72. The van der Waals surface area contributed by atoms with Crippen molar-refractivity contribution in [3.8, 4) is 11.3 Å². The van der Waals surface area contributed by atoms with E-state index in [1.54, 1.807) is 31.2 Å². The molecule has 0 saturated heterocycles. The van der Waals surface area contributed by atoms with Crippen molar-refractivity contribution in [3.05, 3.63) is 102 Å². The second kappa shape index (κ2) is 9.14.